The highest BCUT2D eigenvalue weighted by molar-refractivity contribution is 7.71. The molecule has 4 rings (SSSR count). The molecule has 1 heterocycles. The van der Waals surface area contributed by atoms with E-state index >= 15 is 0 Å². The third kappa shape index (κ3) is 5.42. The quantitative estimate of drug-likeness (QED) is 0.359. The summed E-state index contributed by atoms with van der Waals surface area (Å²) in [4.78, 5) is 26.1. The molecule has 0 fully saturated rings. The lowest BCUT2D eigenvalue weighted by atomic mass is 10.1. The van der Waals surface area contributed by atoms with Crippen molar-refractivity contribution in [3.63, 3.8) is 0 Å². The van der Waals surface area contributed by atoms with E-state index < -0.39 is 6.04 Å². The zero-order valence-corrected chi connectivity index (χ0v) is 18.8. The molecule has 1 aromatic heterocycles. The summed E-state index contributed by atoms with van der Waals surface area (Å²) in [7, 11) is 0. The largest absolute Gasteiger partial charge is 0.339 e. The summed E-state index contributed by atoms with van der Waals surface area (Å²) in [5.74, 6) is -0.145. The van der Waals surface area contributed by atoms with Gasteiger partial charge < -0.3 is 10.6 Å². The van der Waals surface area contributed by atoms with E-state index in [1.165, 1.54) is 0 Å². The number of nitrogens with one attached hydrogen (secondary N) is 3. The number of carbonyl (C=O) groups is 2. The van der Waals surface area contributed by atoms with Crippen LogP contribution in [0.5, 0.6) is 0 Å². The summed E-state index contributed by atoms with van der Waals surface area (Å²) in [6.45, 7) is 1.92. The molecule has 0 saturated heterocycles. The van der Waals surface area contributed by atoms with Crippen molar-refractivity contribution >= 4 is 29.7 Å². The molecule has 8 heteroatoms. The van der Waals surface area contributed by atoms with Crippen LogP contribution < -0.4 is 10.6 Å². The molecule has 1 unspecified atom stereocenters. The second-order valence-corrected chi connectivity index (χ2v) is 7.96. The molecular formula is C25H23N5O2S. The van der Waals surface area contributed by atoms with Crippen molar-refractivity contribution in [3.8, 4) is 11.4 Å². The summed E-state index contributed by atoms with van der Waals surface area (Å²) in [6, 6.07) is 25.1. The number of amides is 2. The van der Waals surface area contributed by atoms with Crippen molar-refractivity contribution < 1.29 is 9.59 Å². The Morgan fingerprint density at radius 3 is 2.27 bits per heavy atom. The molecule has 0 radical (unpaired) electrons. The van der Waals surface area contributed by atoms with Crippen molar-refractivity contribution in [3.05, 3.63) is 101 Å². The Bertz CT molecular complexity index is 1300. The van der Waals surface area contributed by atoms with Gasteiger partial charge in [-0.1, -0.05) is 78.4 Å². The fourth-order valence-electron chi connectivity index (χ4n) is 3.42. The minimum Gasteiger partial charge on any atom is -0.339 e. The highest BCUT2D eigenvalue weighted by atomic mass is 32.1. The molecule has 33 heavy (non-hydrogen) atoms. The smallest absolute Gasteiger partial charge is 0.251 e. The first-order valence-corrected chi connectivity index (χ1v) is 10.8. The van der Waals surface area contributed by atoms with E-state index in [-0.39, 0.29) is 18.4 Å². The molecule has 0 bridgehead atoms. The third-order valence-corrected chi connectivity index (χ3v) is 5.42. The first-order valence-electron chi connectivity index (χ1n) is 10.4. The maximum absolute atomic E-state index is 13.1. The summed E-state index contributed by atoms with van der Waals surface area (Å²) >= 11 is 5.35. The second-order valence-electron chi connectivity index (χ2n) is 7.57. The van der Waals surface area contributed by atoms with Gasteiger partial charge in [0.25, 0.3) is 5.91 Å². The molecule has 0 aliphatic rings. The lowest BCUT2D eigenvalue weighted by Gasteiger charge is -2.19. The van der Waals surface area contributed by atoms with Gasteiger partial charge in [-0.25, -0.2) is 0 Å². The molecular weight excluding hydrogens is 434 g/mol. The second kappa shape index (κ2) is 10.1. The first-order chi connectivity index (χ1) is 16.0. The number of nitrogens with zero attached hydrogens (tertiary/aromatic N) is 2. The van der Waals surface area contributed by atoms with Crippen LogP contribution in [0.15, 0.2) is 84.9 Å². The standard InChI is InChI=1S/C25H23N5O2S/c1-17-12-14-19(15-13-17)23-28-29-25(33)30(23)16-21(31)27-22(18-8-4-2-5-9-18)24(32)26-20-10-6-3-7-11-20/h2-15,22H,16H2,1H3,(H,26,32)(H,27,31)(H,29,33). The molecule has 2 amide bonds. The van der Waals surface area contributed by atoms with Gasteiger partial charge in [0.05, 0.1) is 0 Å². The van der Waals surface area contributed by atoms with E-state index in [0.29, 0.717) is 21.8 Å². The molecule has 4 aromatic rings. The Labute approximate surface area is 196 Å². The SMILES string of the molecule is Cc1ccc(-c2n[nH]c(=S)n2CC(=O)NC(C(=O)Nc2ccccc2)c2ccccc2)cc1. The lowest BCUT2D eigenvalue weighted by molar-refractivity contribution is -0.127. The zero-order chi connectivity index (χ0) is 23.2. The van der Waals surface area contributed by atoms with Crippen LogP contribution in [0.4, 0.5) is 5.69 Å². The highest BCUT2D eigenvalue weighted by Crippen LogP contribution is 2.19. The normalized spacial score (nSPS) is 11.5. The van der Waals surface area contributed by atoms with E-state index in [9.17, 15) is 9.59 Å². The van der Waals surface area contributed by atoms with Crippen LogP contribution in [-0.2, 0) is 16.1 Å². The zero-order valence-electron chi connectivity index (χ0n) is 18.0. The average Bonchev–Trinajstić information content (AvgIpc) is 3.19. The number of hydrogen-bond donors (Lipinski definition) is 3. The number of benzene rings is 3. The number of para-hydroxylation sites is 1. The van der Waals surface area contributed by atoms with Gasteiger partial charge in [0, 0.05) is 11.3 Å². The molecule has 7 nitrogen and oxygen atoms in total. The summed E-state index contributed by atoms with van der Waals surface area (Å²) < 4.78 is 1.94. The van der Waals surface area contributed by atoms with E-state index in [4.69, 9.17) is 12.2 Å². The van der Waals surface area contributed by atoms with E-state index in [2.05, 4.69) is 20.8 Å². The predicted octanol–water partition coefficient (Wildman–Crippen LogP) is 4.41. The van der Waals surface area contributed by atoms with Crippen molar-refractivity contribution in [1.29, 1.82) is 0 Å². The third-order valence-electron chi connectivity index (χ3n) is 5.11. The van der Waals surface area contributed by atoms with Gasteiger partial charge in [-0.2, -0.15) is 5.10 Å². The van der Waals surface area contributed by atoms with Gasteiger partial charge in [0.2, 0.25) is 5.91 Å². The van der Waals surface area contributed by atoms with Crippen LogP contribution in [0.1, 0.15) is 17.2 Å². The number of hydrogen-bond acceptors (Lipinski definition) is 4. The molecule has 3 N–H and O–H groups in total. The number of aryl methyl sites for hydroxylation is 1. The molecule has 3 aromatic carbocycles. The van der Waals surface area contributed by atoms with Gasteiger partial charge in [0.15, 0.2) is 10.6 Å². The number of anilines is 1. The van der Waals surface area contributed by atoms with Crippen LogP contribution >= 0.6 is 12.2 Å². The Morgan fingerprint density at radius 2 is 1.61 bits per heavy atom. The summed E-state index contributed by atoms with van der Waals surface area (Å²) in [5.41, 5.74) is 3.28. The summed E-state index contributed by atoms with van der Waals surface area (Å²) in [5, 5.41) is 12.7. The maximum Gasteiger partial charge on any atom is 0.251 e. The van der Waals surface area contributed by atoms with Crippen molar-refractivity contribution in [1.82, 2.24) is 20.1 Å². The lowest BCUT2D eigenvalue weighted by Crippen LogP contribution is -2.38. The van der Waals surface area contributed by atoms with E-state index in [0.717, 1.165) is 11.1 Å². The molecule has 166 valence electrons. The Kier molecular flexibility index (Phi) is 6.75. The van der Waals surface area contributed by atoms with Crippen molar-refractivity contribution in [2.24, 2.45) is 0 Å². The monoisotopic (exact) mass is 457 g/mol. The number of aromatic amines is 1. The Hall–Kier alpha value is -4.04. The number of aromatic nitrogens is 3. The summed E-state index contributed by atoms with van der Waals surface area (Å²) in [6.07, 6.45) is 0. The minimum absolute atomic E-state index is 0.0828. The molecule has 0 aliphatic carbocycles. The first kappa shape index (κ1) is 22.2. The van der Waals surface area contributed by atoms with Gasteiger partial charge in [-0.15, -0.1) is 0 Å². The van der Waals surface area contributed by atoms with Gasteiger partial charge >= 0.3 is 0 Å². The van der Waals surface area contributed by atoms with E-state index in [1.807, 2.05) is 67.6 Å². The minimum atomic E-state index is -0.872. The topological polar surface area (TPSA) is 91.8 Å². The highest BCUT2D eigenvalue weighted by Gasteiger charge is 2.24. The molecule has 0 saturated carbocycles. The predicted molar refractivity (Wildman–Crippen MR) is 130 cm³/mol. The maximum atomic E-state index is 13.1. The number of carbonyl (C=O) groups excluding carboxylic acids is 2. The molecule has 0 aliphatic heterocycles. The van der Waals surface area contributed by atoms with Crippen molar-refractivity contribution in [2.75, 3.05) is 5.32 Å². The van der Waals surface area contributed by atoms with Crippen LogP contribution in [0.25, 0.3) is 11.4 Å². The Morgan fingerprint density at radius 1 is 0.970 bits per heavy atom. The van der Waals surface area contributed by atoms with Crippen LogP contribution in [0.3, 0.4) is 0 Å². The average molecular weight is 458 g/mol. The van der Waals surface area contributed by atoms with Gasteiger partial charge in [-0.3, -0.25) is 19.3 Å². The van der Waals surface area contributed by atoms with Gasteiger partial charge in [0.1, 0.15) is 12.6 Å². The van der Waals surface area contributed by atoms with Crippen molar-refractivity contribution in [2.45, 2.75) is 19.5 Å². The van der Waals surface area contributed by atoms with Crippen LogP contribution in [-0.4, -0.2) is 26.6 Å². The molecule has 0 spiro atoms. The fourth-order valence-corrected chi connectivity index (χ4v) is 3.62. The Balaban J connectivity index is 1.56. The number of rotatable bonds is 7. The van der Waals surface area contributed by atoms with Crippen LogP contribution in [0, 0.1) is 11.7 Å². The fraction of sp³-hybridized carbons (Fsp3) is 0.120. The van der Waals surface area contributed by atoms with Gasteiger partial charge in [-0.05, 0) is 36.8 Å². The number of H-pyrrole nitrogens is 1. The van der Waals surface area contributed by atoms with Crippen LogP contribution in [0.2, 0.25) is 0 Å². The van der Waals surface area contributed by atoms with E-state index in [1.54, 1.807) is 28.8 Å². The molecule has 1 atom stereocenters.